The molecule has 1 saturated heterocycles. The number of rotatable bonds is 3. The molecule has 1 aromatic rings. The monoisotopic (exact) mass is 299 g/mol. The largest absolute Gasteiger partial charge is 0.371 e. The van der Waals surface area contributed by atoms with Crippen molar-refractivity contribution in [1.82, 2.24) is 9.80 Å². The highest BCUT2D eigenvalue weighted by Gasteiger charge is 2.36. The zero-order valence-corrected chi connectivity index (χ0v) is 14.1. The van der Waals surface area contributed by atoms with Crippen molar-refractivity contribution in [3.63, 3.8) is 0 Å². The summed E-state index contributed by atoms with van der Waals surface area (Å²) in [6.07, 6.45) is 5.35. The molecular formula is C19H29N3. The Bertz CT molecular complexity index is 535. The van der Waals surface area contributed by atoms with Crippen LogP contribution >= 0.6 is 0 Å². The normalized spacial score (nSPS) is 28.2. The summed E-state index contributed by atoms with van der Waals surface area (Å²) in [6, 6.07) is 8.37. The molecule has 1 fully saturated rings. The first-order valence-corrected chi connectivity index (χ1v) is 9.11. The van der Waals surface area contributed by atoms with Gasteiger partial charge in [-0.1, -0.05) is 25.1 Å². The lowest BCUT2D eigenvalue weighted by molar-refractivity contribution is 0.215. The van der Waals surface area contributed by atoms with Crippen LogP contribution in [0.1, 0.15) is 55.8 Å². The van der Waals surface area contributed by atoms with Crippen LogP contribution in [-0.4, -0.2) is 49.6 Å². The Hall–Kier alpha value is -1.06. The molecule has 0 N–H and O–H groups in total. The second-order valence-corrected chi connectivity index (χ2v) is 7.20. The van der Waals surface area contributed by atoms with E-state index in [1.807, 2.05) is 0 Å². The van der Waals surface area contributed by atoms with E-state index in [0.29, 0.717) is 12.1 Å². The Morgan fingerprint density at radius 2 is 1.77 bits per heavy atom. The fraction of sp³-hybridized carbons (Fsp3) is 0.684. The van der Waals surface area contributed by atoms with E-state index in [9.17, 15) is 0 Å². The highest BCUT2D eigenvalue weighted by atomic mass is 15.2. The standard InChI is InChI=1S/C19H29N3/c1-3-20(2)17-9-13-22-14-10-18(21-11-4-5-12-21)16-8-6-7-15(17)19(16)22/h6-8,17-18H,3-5,9-14H2,1-2H3/t17-,18-/m1/s1. The van der Waals surface area contributed by atoms with Crippen molar-refractivity contribution in [2.75, 3.05) is 44.7 Å². The van der Waals surface area contributed by atoms with E-state index in [-0.39, 0.29) is 0 Å². The SMILES string of the molecule is CCN(C)[C@@H]1CCN2CC[C@@H](N3CCCC3)c3cccc1c32. The number of nitrogens with zero attached hydrogens (tertiary/aromatic N) is 3. The van der Waals surface area contributed by atoms with Gasteiger partial charge >= 0.3 is 0 Å². The smallest absolute Gasteiger partial charge is 0.0463 e. The molecule has 0 aliphatic carbocycles. The minimum absolute atomic E-state index is 0.605. The molecule has 22 heavy (non-hydrogen) atoms. The van der Waals surface area contributed by atoms with E-state index in [0.717, 1.165) is 6.54 Å². The first-order chi connectivity index (χ1) is 10.8. The van der Waals surface area contributed by atoms with E-state index >= 15 is 0 Å². The highest BCUT2D eigenvalue weighted by molar-refractivity contribution is 5.65. The van der Waals surface area contributed by atoms with Crippen LogP contribution in [0.2, 0.25) is 0 Å². The van der Waals surface area contributed by atoms with Crippen LogP contribution in [0.4, 0.5) is 5.69 Å². The molecule has 1 aromatic carbocycles. The summed E-state index contributed by atoms with van der Waals surface area (Å²) in [5, 5.41) is 0. The van der Waals surface area contributed by atoms with Gasteiger partial charge in [-0.05, 0) is 63.5 Å². The van der Waals surface area contributed by atoms with Crippen LogP contribution in [0.15, 0.2) is 18.2 Å². The zero-order chi connectivity index (χ0) is 15.1. The van der Waals surface area contributed by atoms with Crippen LogP contribution in [0, 0.1) is 0 Å². The fourth-order valence-electron chi connectivity index (χ4n) is 4.80. The number of benzene rings is 1. The molecule has 0 spiro atoms. The van der Waals surface area contributed by atoms with Crippen LogP contribution in [0.3, 0.4) is 0 Å². The third-order valence-corrected chi connectivity index (χ3v) is 6.09. The summed E-state index contributed by atoms with van der Waals surface area (Å²) in [5.74, 6) is 0. The van der Waals surface area contributed by atoms with E-state index in [1.54, 1.807) is 16.8 Å². The van der Waals surface area contributed by atoms with Crippen molar-refractivity contribution in [1.29, 1.82) is 0 Å². The molecule has 4 rings (SSSR count). The molecule has 120 valence electrons. The average molecular weight is 299 g/mol. The minimum atomic E-state index is 0.605. The van der Waals surface area contributed by atoms with Crippen LogP contribution in [0.5, 0.6) is 0 Å². The van der Waals surface area contributed by atoms with E-state index < -0.39 is 0 Å². The number of hydrogen-bond donors (Lipinski definition) is 0. The lowest BCUT2D eigenvalue weighted by atomic mass is 9.86. The quantitative estimate of drug-likeness (QED) is 0.846. The van der Waals surface area contributed by atoms with Gasteiger partial charge in [0.15, 0.2) is 0 Å². The maximum absolute atomic E-state index is 2.74. The predicted molar refractivity (Wildman–Crippen MR) is 92.5 cm³/mol. The van der Waals surface area contributed by atoms with Gasteiger partial charge in [-0.3, -0.25) is 9.80 Å². The summed E-state index contributed by atoms with van der Waals surface area (Å²) in [4.78, 5) is 7.92. The highest BCUT2D eigenvalue weighted by Crippen LogP contribution is 2.46. The number of anilines is 1. The topological polar surface area (TPSA) is 9.72 Å². The van der Waals surface area contributed by atoms with Gasteiger partial charge in [0, 0.05) is 30.9 Å². The molecule has 0 saturated carbocycles. The lowest BCUT2D eigenvalue weighted by Crippen LogP contribution is -2.43. The summed E-state index contributed by atoms with van der Waals surface area (Å²) in [5.41, 5.74) is 4.78. The summed E-state index contributed by atoms with van der Waals surface area (Å²) < 4.78 is 0. The first kappa shape index (κ1) is 14.5. The lowest BCUT2D eigenvalue weighted by Gasteiger charge is -2.46. The van der Waals surface area contributed by atoms with Crippen molar-refractivity contribution in [3.05, 3.63) is 29.3 Å². The van der Waals surface area contributed by atoms with Crippen molar-refractivity contribution in [3.8, 4) is 0 Å². The second-order valence-electron chi connectivity index (χ2n) is 7.20. The van der Waals surface area contributed by atoms with Crippen LogP contribution in [-0.2, 0) is 0 Å². The van der Waals surface area contributed by atoms with Gasteiger partial charge in [-0.25, -0.2) is 0 Å². The Labute approximate surface area is 134 Å². The molecule has 0 unspecified atom stereocenters. The Balaban J connectivity index is 1.74. The van der Waals surface area contributed by atoms with Crippen LogP contribution < -0.4 is 4.90 Å². The molecular weight excluding hydrogens is 270 g/mol. The fourth-order valence-corrected chi connectivity index (χ4v) is 4.80. The zero-order valence-electron chi connectivity index (χ0n) is 14.1. The first-order valence-electron chi connectivity index (χ1n) is 9.11. The van der Waals surface area contributed by atoms with Crippen LogP contribution in [0.25, 0.3) is 0 Å². The molecule has 2 atom stereocenters. The van der Waals surface area contributed by atoms with Gasteiger partial charge in [0.2, 0.25) is 0 Å². The van der Waals surface area contributed by atoms with Gasteiger partial charge in [-0.2, -0.15) is 0 Å². The van der Waals surface area contributed by atoms with Gasteiger partial charge in [0.1, 0.15) is 0 Å². The van der Waals surface area contributed by atoms with E-state index in [4.69, 9.17) is 0 Å². The third kappa shape index (κ3) is 2.26. The number of para-hydroxylation sites is 1. The summed E-state index contributed by atoms with van der Waals surface area (Å²) in [6.45, 7) is 8.47. The molecule has 3 heterocycles. The number of hydrogen-bond acceptors (Lipinski definition) is 3. The Morgan fingerprint density at radius 1 is 1.05 bits per heavy atom. The molecule has 0 radical (unpaired) electrons. The van der Waals surface area contributed by atoms with E-state index in [2.05, 4.69) is 46.9 Å². The molecule has 3 aliphatic rings. The molecule has 0 bridgehead atoms. The molecule has 0 aromatic heterocycles. The van der Waals surface area contributed by atoms with Gasteiger partial charge in [-0.15, -0.1) is 0 Å². The number of likely N-dealkylation sites (tertiary alicyclic amines) is 1. The average Bonchev–Trinajstić information content (AvgIpc) is 3.09. The second kappa shape index (κ2) is 5.86. The third-order valence-electron chi connectivity index (χ3n) is 6.09. The van der Waals surface area contributed by atoms with Crippen molar-refractivity contribution < 1.29 is 0 Å². The maximum Gasteiger partial charge on any atom is 0.0463 e. The Kier molecular flexibility index (Phi) is 3.87. The molecule has 3 aliphatic heterocycles. The Morgan fingerprint density at radius 3 is 2.55 bits per heavy atom. The van der Waals surface area contributed by atoms with Crippen molar-refractivity contribution >= 4 is 5.69 Å². The van der Waals surface area contributed by atoms with Gasteiger partial charge in [0.25, 0.3) is 0 Å². The van der Waals surface area contributed by atoms with Crippen molar-refractivity contribution in [2.24, 2.45) is 0 Å². The summed E-state index contributed by atoms with van der Waals surface area (Å²) in [7, 11) is 2.28. The molecule has 3 heteroatoms. The minimum Gasteiger partial charge on any atom is -0.371 e. The maximum atomic E-state index is 2.74. The van der Waals surface area contributed by atoms with Gasteiger partial charge < -0.3 is 4.90 Å². The molecule has 3 nitrogen and oxygen atoms in total. The van der Waals surface area contributed by atoms with E-state index in [1.165, 1.54) is 51.9 Å². The molecule has 0 amide bonds. The predicted octanol–water partition coefficient (Wildman–Crippen LogP) is 3.43. The van der Waals surface area contributed by atoms with Crippen molar-refractivity contribution in [2.45, 2.75) is 44.7 Å². The summed E-state index contributed by atoms with van der Waals surface area (Å²) >= 11 is 0. The van der Waals surface area contributed by atoms with Gasteiger partial charge in [0.05, 0.1) is 0 Å².